The van der Waals surface area contributed by atoms with Crippen molar-refractivity contribution in [2.75, 3.05) is 7.11 Å². The zero-order valence-electron chi connectivity index (χ0n) is 8.85. The molecule has 0 amide bonds. The molecule has 0 aliphatic rings. The zero-order valence-corrected chi connectivity index (χ0v) is 9.61. The monoisotopic (exact) mass is 234 g/mol. The van der Waals surface area contributed by atoms with Gasteiger partial charge in [-0.15, -0.1) is 11.6 Å². The molecule has 0 aliphatic carbocycles. The van der Waals surface area contributed by atoms with Crippen LogP contribution in [0.4, 0.5) is 8.78 Å². The van der Waals surface area contributed by atoms with Gasteiger partial charge in [0.15, 0.2) is 11.6 Å². The average Bonchev–Trinajstić information content (AvgIpc) is 2.19. The Kier molecular flexibility index (Phi) is 3.91. The topological polar surface area (TPSA) is 9.23 Å². The SMILES string of the molecule is COc1c(F)ccc(F)c1C(Cl)C(C)C. The first-order chi connectivity index (χ1) is 6.99. The Morgan fingerprint density at radius 3 is 2.20 bits per heavy atom. The van der Waals surface area contributed by atoms with Crippen molar-refractivity contribution in [1.82, 2.24) is 0 Å². The molecule has 0 fully saturated rings. The van der Waals surface area contributed by atoms with Gasteiger partial charge in [-0.1, -0.05) is 13.8 Å². The van der Waals surface area contributed by atoms with E-state index in [0.29, 0.717) is 0 Å². The van der Waals surface area contributed by atoms with Gasteiger partial charge in [0, 0.05) is 0 Å². The molecule has 0 heterocycles. The Hall–Kier alpha value is -0.830. The van der Waals surface area contributed by atoms with E-state index in [9.17, 15) is 8.78 Å². The Labute approximate surface area is 93.0 Å². The first-order valence-electron chi connectivity index (χ1n) is 4.65. The third-order valence-electron chi connectivity index (χ3n) is 2.16. The normalized spacial score (nSPS) is 13.0. The molecule has 0 saturated carbocycles. The maximum Gasteiger partial charge on any atom is 0.165 e. The molecule has 1 nitrogen and oxygen atoms in total. The van der Waals surface area contributed by atoms with E-state index in [-0.39, 0.29) is 17.2 Å². The Balaban J connectivity index is 3.30. The first kappa shape index (κ1) is 12.2. The standard InChI is InChI=1S/C11H13ClF2O/c1-6(2)10(12)9-7(13)4-5-8(14)11(9)15-3/h4-6,10H,1-3H3. The lowest BCUT2D eigenvalue weighted by atomic mass is 10.0. The van der Waals surface area contributed by atoms with Crippen molar-refractivity contribution < 1.29 is 13.5 Å². The van der Waals surface area contributed by atoms with Crippen LogP contribution in [-0.2, 0) is 0 Å². The van der Waals surface area contributed by atoms with Gasteiger partial charge in [-0.2, -0.15) is 0 Å². The maximum atomic E-state index is 13.5. The first-order valence-corrected chi connectivity index (χ1v) is 5.08. The molecule has 1 atom stereocenters. The molecule has 4 heteroatoms. The molecule has 1 unspecified atom stereocenters. The molecule has 0 aliphatic heterocycles. The summed E-state index contributed by atoms with van der Waals surface area (Å²) in [5, 5.41) is -0.601. The molecular weight excluding hydrogens is 222 g/mol. The molecule has 0 aromatic heterocycles. The minimum atomic E-state index is -0.601. The summed E-state index contributed by atoms with van der Waals surface area (Å²) in [6.45, 7) is 3.67. The van der Waals surface area contributed by atoms with Crippen LogP contribution >= 0.6 is 11.6 Å². The quantitative estimate of drug-likeness (QED) is 0.721. The Morgan fingerprint density at radius 1 is 1.20 bits per heavy atom. The van der Waals surface area contributed by atoms with E-state index in [1.165, 1.54) is 7.11 Å². The van der Waals surface area contributed by atoms with Crippen molar-refractivity contribution in [1.29, 1.82) is 0 Å². The van der Waals surface area contributed by atoms with Crippen LogP contribution in [0.2, 0.25) is 0 Å². The summed E-state index contributed by atoms with van der Waals surface area (Å²) < 4.78 is 31.6. The highest BCUT2D eigenvalue weighted by molar-refractivity contribution is 6.21. The summed E-state index contributed by atoms with van der Waals surface area (Å²) in [6, 6.07) is 2.09. The summed E-state index contributed by atoms with van der Waals surface area (Å²) in [7, 11) is 1.30. The average molecular weight is 235 g/mol. The van der Waals surface area contributed by atoms with E-state index in [1.54, 1.807) is 0 Å². The van der Waals surface area contributed by atoms with Gasteiger partial charge < -0.3 is 4.74 Å². The highest BCUT2D eigenvalue weighted by Crippen LogP contribution is 2.38. The summed E-state index contributed by atoms with van der Waals surface area (Å²) >= 11 is 6.02. The summed E-state index contributed by atoms with van der Waals surface area (Å²) in [6.07, 6.45) is 0. The van der Waals surface area contributed by atoms with E-state index in [4.69, 9.17) is 16.3 Å². The fourth-order valence-electron chi connectivity index (χ4n) is 1.35. The van der Waals surface area contributed by atoms with Crippen LogP contribution in [-0.4, -0.2) is 7.11 Å². The number of methoxy groups -OCH3 is 1. The van der Waals surface area contributed by atoms with Gasteiger partial charge in [0.25, 0.3) is 0 Å². The third-order valence-corrected chi connectivity index (χ3v) is 2.88. The minimum Gasteiger partial charge on any atom is -0.493 e. The summed E-state index contributed by atoms with van der Waals surface area (Å²) in [4.78, 5) is 0. The van der Waals surface area contributed by atoms with E-state index in [1.807, 2.05) is 13.8 Å². The van der Waals surface area contributed by atoms with Crippen LogP contribution in [0.5, 0.6) is 5.75 Å². The van der Waals surface area contributed by atoms with Crippen LogP contribution in [0.1, 0.15) is 24.8 Å². The summed E-state index contributed by atoms with van der Waals surface area (Å²) in [5.74, 6) is -1.25. The van der Waals surface area contributed by atoms with Crippen LogP contribution < -0.4 is 4.74 Å². The lowest BCUT2D eigenvalue weighted by Crippen LogP contribution is -2.06. The number of benzene rings is 1. The molecule has 15 heavy (non-hydrogen) atoms. The van der Waals surface area contributed by atoms with E-state index >= 15 is 0 Å². The molecule has 1 aromatic rings. The van der Waals surface area contributed by atoms with Crippen LogP contribution in [0.25, 0.3) is 0 Å². The van der Waals surface area contributed by atoms with Crippen LogP contribution in [0.3, 0.4) is 0 Å². The number of hydrogen-bond donors (Lipinski definition) is 0. The second-order valence-electron chi connectivity index (χ2n) is 3.62. The molecule has 0 spiro atoms. The minimum absolute atomic E-state index is 0.00290. The van der Waals surface area contributed by atoms with Crippen molar-refractivity contribution in [3.8, 4) is 5.75 Å². The second kappa shape index (κ2) is 4.79. The molecule has 84 valence electrons. The van der Waals surface area contributed by atoms with Crippen molar-refractivity contribution in [2.45, 2.75) is 19.2 Å². The van der Waals surface area contributed by atoms with Gasteiger partial charge in [0.2, 0.25) is 0 Å². The summed E-state index contributed by atoms with van der Waals surface area (Å²) in [5.41, 5.74) is 0.0918. The highest BCUT2D eigenvalue weighted by Gasteiger charge is 2.23. The molecule has 0 saturated heterocycles. The smallest absolute Gasteiger partial charge is 0.165 e. The van der Waals surface area contributed by atoms with Crippen LogP contribution in [0.15, 0.2) is 12.1 Å². The van der Waals surface area contributed by atoms with Gasteiger partial charge in [0.05, 0.1) is 18.1 Å². The van der Waals surface area contributed by atoms with Crippen molar-refractivity contribution >= 4 is 11.6 Å². The van der Waals surface area contributed by atoms with E-state index in [0.717, 1.165) is 12.1 Å². The van der Waals surface area contributed by atoms with Crippen molar-refractivity contribution in [3.63, 3.8) is 0 Å². The molecule has 1 rings (SSSR count). The molecular formula is C11H13ClF2O. The number of rotatable bonds is 3. The molecule has 0 radical (unpaired) electrons. The van der Waals surface area contributed by atoms with Gasteiger partial charge in [-0.3, -0.25) is 0 Å². The predicted octanol–water partition coefficient (Wildman–Crippen LogP) is 3.91. The highest BCUT2D eigenvalue weighted by atomic mass is 35.5. The maximum absolute atomic E-state index is 13.5. The molecule has 0 bridgehead atoms. The fraction of sp³-hybridized carbons (Fsp3) is 0.455. The fourth-order valence-corrected chi connectivity index (χ4v) is 1.55. The van der Waals surface area contributed by atoms with Gasteiger partial charge >= 0.3 is 0 Å². The van der Waals surface area contributed by atoms with Gasteiger partial charge in [-0.25, -0.2) is 8.78 Å². The number of ether oxygens (including phenoxy) is 1. The molecule has 0 N–H and O–H groups in total. The lowest BCUT2D eigenvalue weighted by Gasteiger charge is -2.18. The number of alkyl halides is 1. The number of hydrogen-bond acceptors (Lipinski definition) is 1. The van der Waals surface area contributed by atoms with Gasteiger partial charge in [0.1, 0.15) is 5.82 Å². The largest absolute Gasteiger partial charge is 0.493 e. The molecule has 1 aromatic carbocycles. The Morgan fingerprint density at radius 2 is 1.73 bits per heavy atom. The van der Waals surface area contributed by atoms with Crippen molar-refractivity contribution in [3.05, 3.63) is 29.3 Å². The second-order valence-corrected chi connectivity index (χ2v) is 4.09. The van der Waals surface area contributed by atoms with Crippen molar-refractivity contribution in [2.24, 2.45) is 5.92 Å². The zero-order chi connectivity index (χ0) is 11.6. The Bertz CT molecular complexity index is 353. The third kappa shape index (κ3) is 2.40. The van der Waals surface area contributed by atoms with E-state index < -0.39 is 17.0 Å². The van der Waals surface area contributed by atoms with E-state index in [2.05, 4.69) is 0 Å². The van der Waals surface area contributed by atoms with Gasteiger partial charge in [-0.05, 0) is 18.1 Å². The lowest BCUT2D eigenvalue weighted by molar-refractivity contribution is 0.371. The predicted molar refractivity (Wildman–Crippen MR) is 56.3 cm³/mol. The number of halogens is 3. The van der Waals surface area contributed by atoms with Crippen LogP contribution in [0, 0.1) is 17.6 Å².